The van der Waals surface area contributed by atoms with Crippen LogP contribution >= 0.6 is 0 Å². The summed E-state index contributed by atoms with van der Waals surface area (Å²) in [7, 11) is -3.53. The molecule has 0 aliphatic carbocycles. The Balaban J connectivity index is 3.80. The second kappa shape index (κ2) is 5.74. The minimum absolute atomic E-state index is 0.0253. The van der Waals surface area contributed by atoms with Gasteiger partial charge in [-0.3, -0.25) is 4.79 Å². The number of amides is 1. The van der Waals surface area contributed by atoms with Gasteiger partial charge in [0, 0.05) is 6.54 Å². The van der Waals surface area contributed by atoms with E-state index in [1.807, 2.05) is 0 Å². The van der Waals surface area contributed by atoms with Gasteiger partial charge < -0.3 is 11.1 Å². The standard InChI is InChI=1S/C7H15N3O3S/c1-2-3-6(8)7(11)10-4-5-14(9,12)13/h2,6H,1,3-5,8H2,(H,10,11)(H2,9,12,13). The van der Waals surface area contributed by atoms with Crippen LogP contribution in [-0.2, 0) is 14.8 Å². The molecule has 0 aliphatic rings. The van der Waals surface area contributed by atoms with E-state index >= 15 is 0 Å². The Hall–Kier alpha value is -0.920. The Kier molecular flexibility index (Phi) is 5.36. The second-order valence-corrected chi connectivity index (χ2v) is 4.52. The first-order valence-corrected chi connectivity index (χ1v) is 5.73. The third kappa shape index (κ3) is 6.58. The first-order chi connectivity index (χ1) is 6.37. The molecule has 5 N–H and O–H groups in total. The maximum atomic E-state index is 11.1. The predicted octanol–water partition coefficient (Wildman–Crippen LogP) is -1.71. The molecule has 0 aliphatic heterocycles. The average molecular weight is 221 g/mol. The summed E-state index contributed by atoms with van der Waals surface area (Å²) in [5.41, 5.74) is 5.41. The maximum absolute atomic E-state index is 11.1. The summed E-state index contributed by atoms with van der Waals surface area (Å²) in [4.78, 5) is 11.1. The zero-order valence-electron chi connectivity index (χ0n) is 7.77. The van der Waals surface area contributed by atoms with Crippen LogP contribution in [0.2, 0.25) is 0 Å². The van der Waals surface area contributed by atoms with Crippen molar-refractivity contribution in [2.24, 2.45) is 10.9 Å². The number of primary sulfonamides is 1. The average Bonchev–Trinajstić information content (AvgIpc) is 2.02. The lowest BCUT2D eigenvalue weighted by Crippen LogP contribution is -2.42. The summed E-state index contributed by atoms with van der Waals surface area (Å²) in [5, 5.41) is 7.08. The van der Waals surface area contributed by atoms with Crippen LogP contribution in [0.25, 0.3) is 0 Å². The number of hydrogen-bond donors (Lipinski definition) is 3. The molecule has 0 fully saturated rings. The molecule has 0 rings (SSSR count). The summed E-state index contributed by atoms with van der Waals surface area (Å²) in [6.07, 6.45) is 1.87. The van der Waals surface area contributed by atoms with Crippen LogP contribution in [0.15, 0.2) is 12.7 Å². The second-order valence-electron chi connectivity index (χ2n) is 2.79. The third-order valence-corrected chi connectivity index (χ3v) is 2.22. The molecular formula is C7H15N3O3S. The smallest absolute Gasteiger partial charge is 0.237 e. The van der Waals surface area contributed by atoms with Gasteiger partial charge in [-0.2, -0.15) is 0 Å². The number of nitrogens with one attached hydrogen (secondary N) is 1. The molecule has 0 spiro atoms. The number of carbonyl (C=O) groups excluding carboxylic acids is 1. The van der Waals surface area contributed by atoms with Crippen LogP contribution in [0.4, 0.5) is 0 Å². The van der Waals surface area contributed by atoms with Gasteiger partial charge in [0.15, 0.2) is 0 Å². The molecule has 1 atom stereocenters. The Morgan fingerprint density at radius 2 is 2.14 bits per heavy atom. The zero-order valence-corrected chi connectivity index (χ0v) is 8.59. The molecule has 0 saturated carbocycles. The van der Waals surface area contributed by atoms with Gasteiger partial charge >= 0.3 is 0 Å². The van der Waals surface area contributed by atoms with Crippen molar-refractivity contribution in [1.82, 2.24) is 5.32 Å². The summed E-state index contributed by atoms with van der Waals surface area (Å²) in [6, 6.07) is -0.687. The molecule has 7 heteroatoms. The van der Waals surface area contributed by atoms with Gasteiger partial charge in [0.1, 0.15) is 0 Å². The van der Waals surface area contributed by atoms with Crippen LogP contribution in [0.3, 0.4) is 0 Å². The summed E-state index contributed by atoms with van der Waals surface area (Å²) < 4.78 is 21.0. The number of hydrogen-bond acceptors (Lipinski definition) is 4. The van der Waals surface area contributed by atoms with Gasteiger partial charge in [0.25, 0.3) is 0 Å². The predicted molar refractivity (Wildman–Crippen MR) is 53.8 cm³/mol. The van der Waals surface area contributed by atoms with Crippen molar-refractivity contribution >= 4 is 15.9 Å². The van der Waals surface area contributed by atoms with E-state index < -0.39 is 22.0 Å². The molecule has 1 unspecified atom stereocenters. The van der Waals surface area contributed by atoms with E-state index in [2.05, 4.69) is 11.9 Å². The van der Waals surface area contributed by atoms with E-state index in [1.165, 1.54) is 6.08 Å². The van der Waals surface area contributed by atoms with Crippen molar-refractivity contribution < 1.29 is 13.2 Å². The lowest BCUT2D eigenvalue weighted by molar-refractivity contribution is -0.122. The van der Waals surface area contributed by atoms with E-state index in [9.17, 15) is 13.2 Å². The lowest BCUT2D eigenvalue weighted by Gasteiger charge is -2.09. The molecule has 82 valence electrons. The molecule has 0 aromatic rings. The van der Waals surface area contributed by atoms with Crippen molar-refractivity contribution in [2.75, 3.05) is 12.3 Å². The first kappa shape index (κ1) is 13.1. The fraction of sp³-hybridized carbons (Fsp3) is 0.571. The van der Waals surface area contributed by atoms with Crippen molar-refractivity contribution in [1.29, 1.82) is 0 Å². The fourth-order valence-electron chi connectivity index (χ4n) is 0.734. The van der Waals surface area contributed by atoms with Gasteiger partial charge in [-0.15, -0.1) is 6.58 Å². The highest BCUT2D eigenvalue weighted by molar-refractivity contribution is 7.89. The molecule has 14 heavy (non-hydrogen) atoms. The highest BCUT2D eigenvalue weighted by Gasteiger charge is 2.11. The van der Waals surface area contributed by atoms with E-state index in [0.29, 0.717) is 6.42 Å². The van der Waals surface area contributed by atoms with Gasteiger partial charge in [0.05, 0.1) is 11.8 Å². The Bertz CT molecular complexity index is 299. The van der Waals surface area contributed by atoms with Crippen molar-refractivity contribution in [3.05, 3.63) is 12.7 Å². The number of nitrogens with two attached hydrogens (primary N) is 2. The highest BCUT2D eigenvalue weighted by atomic mass is 32.2. The number of carbonyl (C=O) groups is 1. The molecule has 0 aromatic heterocycles. The summed E-state index contributed by atoms with van der Waals surface area (Å²) in [6.45, 7) is 3.40. The van der Waals surface area contributed by atoms with Gasteiger partial charge in [-0.25, -0.2) is 13.6 Å². The molecule has 1 amide bonds. The van der Waals surface area contributed by atoms with E-state index in [0.717, 1.165) is 0 Å². The third-order valence-electron chi connectivity index (χ3n) is 1.44. The zero-order chi connectivity index (χ0) is 11.2. The minimum atomic E-state index is -3.53. The molecule has 0 radical (unpaired) electrons. The molecule has 0 saturated heterocycles. The molecule has 0 aromatic carbocycles. The molecule has 6 nitrogen and oxygen atoms in total. The van der Waals surface area contributed by atoms with Crippen LogP contribution in [0, 0.1) is 0 Å². The van der Waals surface area contributed by atoms with Gasteiger partial charge in [-0.1, -0.05) is 6.08 Å². The normalized spacial score (nSPS) is 13.3. The van der Waals surface area contributed by atoms with E-state index in [4.69, 9.17) is 10.9 Å². The Labute approximate surface area is 83.4 Å². The molecule has 0 bridgehead atoms. The number of sulfonamides is 1. The SMILES string of the molecule is C=CCC(N)C(=O)NCCS(N)(=O)=O. The first-order valence-electron chi connectivity index (χ1n) is 4.01. The monoisotopic (exact) mass is 221 g/mol. The van der Waals surface area contributed by atoms with Crippen molar-refractivity contribution in [3.8, 4) is 0 Å². The molecule has 0 heterocycles. The minimum Gasteiger partial charge on any atom is -0.354 e. The molecular weight excluding hydrogens is 206 g/mol. The highest BCUT2D eigenvalue weighted by Crippen LogP contribution is 1.88. The van der Waals surface area contributed by atoms with Crippen LogP contribution in [0.5, 0.6) is 0 Å². The Morgan fingerprint density at radius 1 is 1.57 bits per heavy atom. The van der Waals surface area contributed by atoms with Gasteiger partial charge in [-0.05, 0) is 6.42 Å². The van der Waals surface area contributed by atoms with Crippen LogP contribution in [0.1, 0.15) is 6.42 Å². The van der Waals surface area contributed by atoms with Crippen LogP contribution in [-0.4, -0.2) is 32.7 Å². The van der Waals surface area contributed by atoms with Crippen molar-refractivity contribution in [3.63, 3.8) is 0 Å². The van der Waals surface area contributed by atoms with E-state index in [-0.39, 0.29) is 12.3 Å². The summed E-state index contributed by atoms with van der Waals surface area (Å²) in [5.74, 6) is -0.701. The Morgan fingerprint density at radius 3 is 2.57 bits per heavy atom. The quantitative estimate of drug-likeness (QED) is 0.463. The summed E-state index contributed by atoms with van der Waals surface area (Å²) >= 11 is 0. The maximum Gasteiger partial charge on any atom is 0.237 e. The fourth-order valence-corrected chi connectivity index (χ4v) is 1.12. The lowest BCUT2D eigenvalue weighted by atomic mass is 10.2. The van der Waals surface area contributed by atoms with Gasteiger partial charge in [0.2, 0.25) is 15.9 Å². The largest absolute Gasteiger partial charge is 0.354 e. The van der Waals surface area contributed by atoms with Crippen molar-refractivity contribution in [2.45, 2.75) is 12.5 Å². The van der Waals surface area contributed by atoms with E-state index in [1.54, 1.807) is 0 Å². The van der Waals surface area contributed by atoms with Crippen LogP contribution < -0.4 is 16.2 Å². The topological polar surface area (TPSA) is 115 Å². The number of rotatable bonds is 6.